The van der Waals surface area contributed by atoms with Crippen molar-refractivity contribution in [2.45, 2.75) is 13.3 Å². The maximum absolute atomic E-state index is 11.6. The zero-order valence-electron chi connectivity index (χ0n) is 14.3. The van der Waals surface area contributed by atoms with Gasteiger partial charge in [0.2, 0.25) is 0 Å². The number of methoxy groups -OCH3 is 1. The number of carbonyl (C=O) groups is 1. The largest absolute Gasteiger partial charge is 0.465 e. The maximum atomic E-state index is 11.6. The molecule has 6 nitrogen and oxygen atoms in total. The maximum Gasteiger partial charge on any atom is 0.337 e. The molecular weight excluding hydrogens is 326 g/mol. The number of morpholine rings is 1. The molecular formula is C17H25N3O3S. The standard InChI is InChI=1S/C17H25N3O3S/c1-13-4-5-14(16(21)22-2)12-15(13)19-17(24)18-6-3-7-20-8-10-23-11-9-20/h4-5,12H,3,6-11H2,1-2H3,(H2,18,19,24). The number of nitrogens with one attached hydrogen (secondary N) is 2. The topological polar surface area (TPSA) is 62.8 Å². The van der Waals surface area contributed by atoms with Crippen LogP contribution in [-0.4, -0.2) is 62.5 Å². The van der Waals surface area contributed by atoms with Crippen molar-refractivity contribution in [3.8, 4) is 0 Å². The van der Waals surface area contributed by atoms with Crippen LogP contribution in [0.5, 0.6) is 0 Å². The Kier molecular flexibility index (Phi) is 7.42. The summed E-state index contributed by atoms with van der Waals surface area (Å²) < 4.78 is 10.1. The predicted octanol–water partition coefficient (Wildman–Crippen LogP) is 1.79. The smallest absolute Gasteiger partial charge is 0.337 e. The van der Waals surface area contributed by atoms with Gasteiger partial charge in [-0.3, -0.25) is 4.90 Å². The minimum atomic E-state index is -0.359. The van der Waals surface area contributed by atoms with E-state index >= 15 is 0 Å². The van der Waals surface area contributed by atoms with E-state index in [0.29, 0.717) is 10.7 Å². The van der Waals surface area contributed by atoms with Gasteiger partial charge in [-0.1, -0.05) is 6.07 Å². The van der Waals surface area contributed by atoms with E-state index in [1.165, 1.54) is 7.11 Å². The molecule has 1 heterocycles. The molecule has 2 rings (SSSR count). The molecule has 0 aliphatic carbocycles. The highest BCUT2D eigenvalue weighted by Crippen LogP contribution is 2.17. The molecule has 0 amide bonds. The van der Waals surface area contributed by atoms with Gasteiger partial charge in [0.05, 0.1) is 25.9 Å². The molecule has 0 spiro atoms. The van der Waals surface area contributed by atoms with Crippen LogP contribution in [0.3, 0.4) is 0 Å². The number of nitrogens with zero attached hydrogens (tertiary/aromatic N) is 1. The molecule has 7 heteroatoms. The Balaban J connectivity index is 1.76. The first-order valence-corrected chi connectivity index (χ1v) is 8.55. The van der Waals surface area contributed by atoms with Crippen LogP contribution in [0.25, 0.3) is 0 Å². The molecule has 0 unspecified atom stereocenters. The van der Waals surface area contributed by atoms with Gasteiger partial charge in [0.15, 0.2) is 5.11 Å². The predicted molar refractivity (Wildman–Crippen MR) is 98.6 cm³/mol. The summed E-state index contributed by atoms with van der Waals surface area (Å²) in [6, 6.07) is 5.36. The normalized spacial score (nSPS) is 14.9. The van der Waals surface area contributed by atoms with Gasteiger partial charge in [0.25, 0.3) is 0 Å². The Morgan fingerprint density at radius 3 is 2.83 bits per heavy atom. The third-order valence-corrected chi connectivity index (χ3v) is 4.19. The first kappa shape index (κ1) is 18.6. The zero-order chi connectivity index (χ0) is 17.4. The van der Waals surface area contributed by atoms with Crippen molar-refractivity contribution in [3.63, 3.8) is 0 Å². The van der Waals surface area contributed by atoms with Gasteiger partial charge < -0.3 is 20.1 Å². The number of esters is 1. The van der Waals surface area contributed by atoms with Crippen molar-refractivity contribution in [2.75, 3.05) is 51.8 Å². The highest BCUT2D eigenvalue weighted by molar-refractivity contribution is 7.80. The molecule has 2 N–H and O–H groups in total. The first-order valence-electron chi connectivity index (χ1n) is 8.14. The lowest BCUT2D eigenvalue weighted by Crippen LogP contribution is -2.38. The number of benzene rings is 1. The Morgan fingerprint density at radius 1 is 1.38 bits per heavy atom. The summed E-state index contributed by atoms with van der Waals surface area (Å²) >= 11 is 5.33. The monoisotopic (exact) mass is 351 g/mol. The van der Waals surface area contributed by atoms with Crippen LogP contribution in [0.2, 0.25) is 0 Å². The molecule has 0 atom stereocenters. The molecule has 0 bridgehead atoms. The number of ether oxygens (including phenoxy) is 2. The Morgan fingerprint density at radius 2 is 2.12 bits per heavy atom. The van der Waals surface area contributed by atoms with Crippen molar-refractivity contribution < 1.29 is 14.3 Å². The SMILES string of the molecule is COC(=O)c1ccc(C)c(NC(=S)NCCCN2CCOCC2)c1. The van der Waals surface area contributed by atoms with E-state index in [1.807, 2.05) is 13.0 Å². The van der Waals surface area contributed by atoms with Crippen LogP contribution in [0, 0.1) is 6.92 Å². The molecule has 132 valence electrons. The van der Waals surface area contributed by atoms with Gasteiger partial charge in [-0.2, -0.15) is 0 Å². The third kappa shape index (κ3) is 5.74. The van der Waals surface area contributed by atoms with Gasteiger partial charge in [-0.05, 0) is 49.8 Å². The highest BCUT2D eigenvalue weighted by Gasteiger charge is 2.10. The summed E-state index contributed by atoms with van der Waals surface area (Å²) in [5.74, 6) is -0.359. The van der Waals surface area contributed by atoms with Crippen LogP contribution >= 0.6 is 12.2 Å². The molecule has 1 aliphatic rings. The van der Waals surface area contributed by atoms with Crippen LogP contribution in [0.4, 0.5) is 5.69 Å². The van der Waals surface area contributed by atoms with Gasteiger partial charge in [0, 0.05) is 25.3 Å². The number of carbonyl (C=O) groups excluding carboxylic acids is 1. The second-order valence-corrected chi connectivity index (χ2v) is 6.12. The molecule has 0 aromatic heterocycles. The van der Waals surface area contributed by atoms with E-state index in [9.17, 15) is 4.79 Å². The minimum Gasteiger partial charge on any atom is -0.465 e. The fraction of sp³-hybridized carbons (Fsp3) is 0.529. The van der Waals surface area contributed by atoms with Crippen LogP contribution in [-0.2, 0) is 9.47 Å². The van der Waals surface area contributed by atoms with E-state index in [4.69, 9.17) is 21.7 Å². The van der Waals surface area contributed by atoms with Crippen molar-refractivity contribution in [3.05, 3.63) is 29.3 Å². The van der Waals surface area contributed by atoms with E-state index < -0.39 is 0 Å². The molecule has 1 aromatic rings. The second-order valence-electron chi connectivity index (χ2n) is 5.71. The zero-order valence-corrected chi connectivity index (χ0v) is 15.1. The minimum absolute atomic E-state index is 0.359. The van der Waals surface area contributed by atoms with E-state index in [0.717, 1.165) is 57.1 Å². The lowest BCUT2D eigenvalue weighted by Gasteiger charge is -2.26. The average Bonchev–Trinajstić information content (AvgIpc) is 2.61. The van der Waals surface area contributed by atoms with E-state index in [-0.39, 0.29) is 5.97 Å². The van der Waals surface area contributed by atoms with Crippen molar-refractivity contribution in [1.29, 1.82) is 0 Å². The fourth-order valence-electron chi connectivity index (χ4n) is 2.50. The number of hydrogen-bond acceptors (Lipinski definition) is 5. The number of hydrogen-bond donors (Lipinski definition) is 2. The molecule has 1 aromatic carbocycles. The highest BCUT2D eigenvalue weighted by atomic mass is 32.1. The summed E-state index contributed by atoms with van der Waals surface area (Å²) in [4.78, 5) is 14.0. The van der Waals surface area contributed by atoms with Crippen LogP contribution < -0.4 is 10.6 Å². The van der Waals surface area contributed by atoms with Crippen molar-refractivity contribution in [1.82, 2.24) is 10.2 Å². The first-order chi connectivity index (χ1) is 11.6. The van der Waals surface area contributed by atoms with Gasteiger partial charge in [-0.15, -0.1) is 0 Å². The number of thiocarbonyl (C=S) groups is 1. The van der Waals surface area contributed by atoms with Gasteiger partial charge >= 0.3 is 5.97 Å². The number of rotatable bonds is 6. The molecule has 0 radical (unpaired) electrons. The Hall–Kier alpha value is -1.70. The molecule has 1 saturated heterocycles. The summed E-state index contributed by atoms with van der Waals surface area (Å²) in [5.41, 5.74) is 2.32. The fourth-order valence-corrected chi connectivity index (χ4v) is 2.71. The quantitative estimate of drug-likeness (QED) is 0.460. The van der Waals surface area contributed by atoms with Crippen LogP contribution in [0.15, 0.2) is 18.2 Å². The second kappa shape index (κ2) is 9.56. The van der Waals surface area contributed by atoms with E-state index in [2.05, 4.69) is 15.5 Å². The van der Waals surface area contributed by atoms with Crippen LogP contribution in [0.1, 0.15) is 22.3 Å². The average molecular weight is 351 g/mol. The summed E-state index contributed by atoms with van der Waals surface area (Å²) in [7, 11) is 1.37. The molecule has 24 heavy (non-hydrogen) atoms. The number of anilines is 1. The van der Waals surface area contributed by atoms with Gasteiger partial charge in [0.1, 0.15) is 0 Å². The van der Waals surface area contributed by atoms with Crippen molar-refractivity contribution >= 4 is 29.0 Å². The Labute approximate surface area is 148 Å². The van der Waals surface area contributed by atoms with Gasteiger partial charge in [-0.25, -0.2) is 4.79 Å². The van der Waals surface area contributed by atoms with Crippen molar-refractivity contribution in [2.24, 2.45) is 0 Å². The molecule has 0 saturated carbocycles. The lowest BCUT2D eigenvalue weighted by molar-refractivity contribution is 0.0376. The summed E-state index contributed by atoms with van der Waals surface area (Å²) in [5, 5.41) is 6.91. The number of aryl methyl sites for hydroxylation is 1. The lowest BCUT2D eigenvalue weighted by atomic mass is 10.1. The summed E-state index contributed by atoms with van der Waals surface area (Å²) in [6.07, 6.45) is 1.02. The molecule has 1 fully saturated rings. The van der Waals surface area contributed by atoms with E-state index in [1.54, 1.807) is 12.1 Å². The molecule has 1 aliphatic heterocycles. The summed E-state index contributed by atoms with van der Waals surface area (Å²) in [6.45, 7) is 7.45. The third-order valence-electron chi connectivity index (χ3n) is 3.95. The Bertz CT molecular complexity index is 574.